The first kappa shape index (κ1) is 56.9. The van der Waals surface area contributed by atoms with Gasteiger partial charge in [-0.1, -0.05) is 249 Å². The van der Waals surface area contributed by atoms with Crippen LogP contribution >= 0.6 is 34.3 Å². The minimum Gasteiger partial charge on any atom is -0.438 e. The van der Waals surface area contributed by atoms with Gasteiger partial charge in [0.25, 0.3) is 0 Å². The summed E-state index contributed by atoms with van der Waals surface area (Å²) in [6.45, 7) is 0. The van der Waals surface area contributed by atoms with E-state index in [1.165, 1.54) is 100 Å². The molecule has 11 heteroatoms. The molecule has 22 rings (SSSR count). The molecule has 8 heterocycles. The molecule has 0 amide bonds. The Bertz CT molecular complexity index is 6920. The zero-order valence-corrected chi connectivity index (χ0v) is 54.9. The van der Waals surface area contributed by atoms with E-state index in [4.69, 9.17) is 30.4 Å². The molecule has 0 saturated heterocycles. The van der Waals surface area contributed by atoms with E-state index in [0.29, 0.717) is 17.4 Å². The van der Waals surface area contributed by atoms with Crippen molar-refractivity contribution in [3.63, 3.8) is 0 Å². The number of rotatable bonds is 5. The fraction of sp³-hybridized carbons (Fsp3) is 0. The maximum absolute atomic E-state index is 6.52. The highest BCUT2D eigenvalue weighted by Gasteiger charge is 2.27. The average Bonchev–Trinajstić information content (AvgIpc) is 1.55. The molecule has 0 unspecified atom stereocenters. The van der Waals surface area contributed by atoms with Gasteiger partial charge in [0.2, 0.25) is 22.7 Å². The number of allylic oxidation sites excluding steroid dienone is 2. The van der Waals surface area contributed by atoms with Crippen molar-refractivity contribution in [3.05, 3.63) is 308 Å². The van der Waals surface area contributed by atoms with Crippen molar-refractivity contribution < 1.29 is 8.83 Å². The number of para-hydroxylation sites is 3. The van der Waals surface area contributed by atoms with Crippen LogP contribution in [0, 0.1) is 6.08 Å². The Morgan fingerprint density at radius 1 is 0.364 bits per heavy atom. The van der Waals surface area contributed by atoms with Crippen molar-refractivity contribution in [2.75, 3.05) is 0 Å². The van der Waals surface area contributed by atoms with E-state index >= 15 is 0 Å². The Morgan fingerprint density at radius 2 is 0.808 bits per heavy atom. The third-order valence-electron chi connectivity index (χ3n) is 19.2. The van der Waals surface area contributed by atoms with Gasteiger partial charge in [-0.15, -0.1) is 22.7 Å². The number of thiophene rings is 2. The monoisotopic (exact) mass is 1320 g/mol. The summed E-state index contributed by atoms with van der Waals surface area (Å²) >= 11 is 9.89. The maximum Gasteiger partial charge on any atom is 0.238 e. The lowest BCUT2D eigenvalue weighted by atomic mass is 9.98. The van der Waals surface area contributed by atoms with Gasteiger partial charge in [0.15, 0.2) is 5.69 Å². The molecule has 0 bridgehead atoms. The number of furan rings is 2. The number of hydrogen-bond acceptors (Lipinski definition) is 8. The molecule has 8 aromatic heterocycles. The zero-order chi connectivity index (χ0) is 65.2. The summed E-state index contributed by atoms with van der Waals surface area (Å²) < 4.78 is 19.9. The number of halogens is 1. The quantitative estimate of drug-likeness (QED) is 0.136. The number of nitrogens with zero attached hydrogens (tertiary/aromatic N) is 5. The first-order valence-corrected chi connectivity index (χ1v) is 34.8. The number of hydrogen-bond donors (Lipinski definition) is 1. The molecule has 99 heavy (non-hydrogen) atoms. The molecular formula is C88H50ClN6O2S2+. The predicted molar refractivity (Wildman–Crippen MR) is 416 cm³/mol. The van der Waals surface area contributed by atoms with Crippen LogP contribution < -0.4 is 0 Å². The molecular weight excluding hydrogens is 1270 g/mol. The van der Waals surface area contributed by atoms with Crippen LogP contribution in [0.2, 0.25) is 5.28 Å². The molecule has 1 N–H and O–H groups in total. The van der Waals surface area contributed by atoms with E-state index in [1.807, 2.05) is 102 Å². The lowest BCUT2D eigenvalue weighted by Gasteiger charge is -2.11. The fourth-order valence-electron chi connectivity index (χ4n) is 14.9. The van der Waals surface area contributed by atoms with Gasteiger partial charge in [-0.3, -0.25) is 9.55 Å². The van der Waals surface area contributed by atoms with Crippen LogP contribution in [-0.2, 0) is 0 Å². The minimum atomic E-state index is 0.179. The van der Waals surface area contributed by atoms with Crippen molar-refractivity contribution >= 4 is 185 Å². The van der Waals surface area contributed by atoms with Crippen molar-refractivity contribution in [1.29, 1.82) is 0 Å². The maximum atomic E-state index is 6.52. The van der Waals surface area contributed by atoms with Crippen LogP contribution in [0.1, 0.15) is 11.3 Å². The van der Waals surface area contributed by atoms with Gasteiger partial charge in [-0.05, 0) is 75.0 Å². The first-order chi connectivity index (χ1) is 49.0. The van der Waals surface area contributed by atoms with Crippen LogP contribution in [0.5, 0.6) is 0 Å². The number of aromatic nitrogens is 6. The lowest BCUT2D eigenvalue weighted by molar-refractivity contribution is 0.651. The number of benzene rings is 13. The van der Waals surface area contributed by atoms with E-state index < -0.39 is 0 Å². The second kappa shape index (κ2) is 22.9. The summed E-state index contributed by atoms with van der Waals surface area (Å²) in [6.07, 6.45) is 9.41. The largest absolute Gasteiger partial charge is 0.438 e. The molecule has 0 atom stereocenters. The van der Waals surface area contributed by atoms with E-state index in [9.17, 15) is 0 Å². The average molecular weight is 1320 g/mol. The minimum absolute atomic E-state index is 0.179. The van der Waals surface area contributed by atoms with Crippen molar-refractivity contribution in [2.45, 2.75) is 0 Å². The highest BCUT2D eigenvalue weighted by atomic mass is 35.5. The van der Waals surface area contributed by atoms with Gasteiger partial charge in [0.1, 0.15) is 28.9 Å². The van der Waals surface area contributed by atoms with Gasteiger partial charge in [-0.25, -0.2) is 9.97 Å². The number of nitrogens with one attached hydrogen (secondary N) is 1. The van der Waals surface area contributed by atoms with Gasteiger partial charge in [0.05, 0.1) is 44.8 Å². The van der Waals surface area contributed by atoms with Crippen molar-refractivity contribution in [3.8, 4) is 50.7 Å². The van der Waals surface area contributed by atoms with E-state index in [2.05, 4.69) is 244 Å². The summed E-state index contributed by atoms with van der Waals surface area (Å²) in [7, 11) is 0. The molecule has 0 saturated carbocycles. The normalized spacial score (nSPS) is 12.1. The molecule has 0 spiro atoms. The van der Waals surface area contributed by atoms with Crippen molar-refractivity contribution in [1.82, 2.24) is 29.5 Å². The summed E-state index contributed by atoms with van der Waals surface area (Å²) in [5, 5.41) is 18.0. The fourth-order valence-corrected chi connectivity index (χ4v) is 17.5. The number of H-pyrrole nitrogens is 1. The summed E-state index contributed by atoms with van der Waals surface area (Å²) in [5.41, 5.74) is 16.8. The standard InChI is InChI=1S/C44H25N3OS.C22H13ClN2O.C22H12NS/c1-2-12-26(13-3-1)27-22-24-28(25-23-27)40-38-32-17-7-10-20-35(32)48-43(38)46-44(45-40)47-34-19-9-6-16-31(34)37-29-14-4-5-15-30(29)42-39(41(37)47)33-18-8-11-21-36(33)49-42;23-22-24-20(19-17-8-4-5-9-18(17)26-21(19)25-22)16-12-10-15(11-13-16)14-6-2-1-3-7-14;1-2-8-14-13(7-1)19-15-9-3-5-11-17(15)23-21(19)20-16-10-4-6-12-18(16)24-22(14)20/h1-25H;1-13H;1-4,6-12,23H/q;;+1. The van der Waals surface area contributed by atoms with E-state index in [-0.39, 0.29) is 5.28 Å². The molecule has 0 fully saturated rings. The van der Waals surface area contributed by atoms with Crippen LogP contribution in [0.25, 0.3) is 202 Å². The van der Waals surface area contributed by atoms with Crippen LogP contribution in [0.4, 0.5) is 0 Å². The molecule has 0 aliphatic heterocycles. The first-order valence-electron chi connectivity index (χ1n) is 32.8. The van der Waals surface area contributed by atoms with E-state index in [1.54, 1.807) is 0 Å². The molecule has 8 nitrogen and oxygen atoms in total. The third-order valence-corrected chi connectivity index (χ3v) is 21.8. The van der Waals surface area contributed by atoms with Crippen LogP contribution in [-0.4, -0.2) is 29.5 Å². The van der Waals surface area contributed by atoms with E-state index in [0.717, 1.165) is 83.1 Å². The Kier molecular flexibility index (Phi) is 13.2. The highest BCUT2D eigenvalue weighted by molar-refractivity contribution is 7.27. The predicted octanol–water partition coefficient (Wildman–Crippen LogP) is 25.2. The van der Waals surface area contributed by atoms with Crippen LogP contribution in [0.15, 0.2) is 294 Å². The topological polar surface area (TPSA) is 98.6 Å². The smallest absolute Gasteiger partial charge is 0.238 e. The Labute approximate surface area is 577 Å². The SMILES string of the molecule is Clc1nc(-c2ccc(-c3ccccc3)cc2)c2c(n1)oc1ccccc12.[C+]1=Cc2[nH]c3c(c2C=C1)c1ccccc1c1sc2ccccc2c31.c1ccc(-c2ccc(-c3nc(-n4c5ccccc5c5c6ccccc6c6sc7ccccc7c6c54)nc4oc5ccccc5c34)cc2)cc1. The highest BCUT2D eigenvalue weighted by Crippen LogP contribution is 2.50. The summed E-state index contributed by atoms with van der Waals surface area (Å²) in [6, 6.07) is 97.4. The summed E-state index contributed by atoms with van der Waals surface area (Å²) in [5.74, 6) is 0.590. The number of fused-ring (bicyclic) bond motifs is 26. The molecule has 462 valence electrons. The molecule has 1 aliphatic rings. The van der Waals surface area contributed by atoms with Gasteiger partial charge < -0.3 is 8.83 Å². The zero-order valence-electron chi connectivity index (χ0n) is 52.5. The van der Waals surface area contributed by atoms with Gasteiger partial charge >= 0.3 is 0 Å². The molecule has 21 aromatic rings. The second-order valence-electron chi connectivity index (χ2n) is 24.8. The Hall–Kier alpha value is -12.4. The van der Waals surface area contributed by atoms with Gasteiger partial charge in [-0.2, -0.15) is 9.97 Å². The molecule has 1 aliphatic carbocycles. The lowest BCUT2D eigenvalue weighted by Crippen LogP contribution is -2.03. The Morgan fingerprint density at radius 3 is 1.40 bits per heavy atom. The third kappa shape index (κ3) is 9.16. The summed E-state index contributed by atoms with van der Waals surface area (Å²) in [4.78, 5) is 23.1. The molecule has 0 radical (unpaired) electrons. The van der Waals surface area contributed by atoms with Gasteiger partial charge in [0, 0.05) is 95.3 Å². The van der Waals surface area contributed by atoms with Crippen molar-refractivity contribution in [2.24, 2.45) is 0 Å². The number of aromatic amines is 1. The van der Waals surface area contributed by atoms with Crippen LogP contribution in [0.3, 0.4) is 0 Å². The Balaban J connectivity index is 0.000000111. The second-order valence-corrected chi connectivity index (χ2v) is 27.2. The molecule has 13 aromatic carbocycles.